The second-order valence-electron chi connectivity index (χ2n) is 4.33. The lowest BCUT2D eigenvalue weighted by molar-refractivity contribution is 0.414. The highest BCUT2D eigenvalue weighted by molar-refractivity contribution is 7.89. The monoisotopic (exact) mass is 311 g/mol. The molecule has 1 aromatic carbocycles. The summed E-state index contributed by atoms with van der Waals surface area (Å²) in [5.74, 6) is 0.644. The van der Waals surface area contributed by atoms with E-state index in [1.165, 1.54) is 9.18 Å². The summed E-state index contributed by atoms with van der Waals surface area (Å²) >= 11 is 1.64. The van der Waals surface area contributed by atoms with Crippen LogP contribution in [0.2, 0.25) is 0 Å². The topological polar surface area (TPSA) is 46.6 Å². The Morgan fingerprint density at radius 1 is 1.20 bits per heavy atom. The molecule has 108 valence electrons. The molecule has 0 spiro atoms. The molecule has 2 rings (SSSR count). The molecule has 1 heterocycles. The van der Waals surface area contributed by atoms with Gasteiger partial charge >= 0.3 is 0 Å². The van der Waals surface area contributed by atoms with Gasteiger partial charge in [0.2, 0.25) is 10.0 Å². The van der Waals surface area contributed by atoms with Gasteiger partial charge in [0.25, 0.3) is 0 Å². The molecule has 0 N–H and O–H groups in total. The average molecular weight is 311 g/mol. The molecule has 4 nitrogen and oxygen atoms in total. The number of rotatable bonds is 6. The molecule has 0 bridgehead atoms. The van der Waals surface area contributed by atoms with Gasteiger partial charge in [-0.2, -0.15) is 0 Å². The molecule has 0 fully saturated rings. The minimum absolute atomic E-state index is 0.284. The molecule has 0 amide bonds. The van der Waals surface area contributed by atoms with Crippen LogP contribution < -0.4 is 4.74 Å². The van der Waals surface area contributed by atoms with Crippen LogP contribution in [0.1, 0.15) is 4.88 Å². The summed E-state index contributed by atoms with van der Waals surface area (Å²) in [7, 11) is -0.278. The highest BCUT2D eigenvalue weighted by Gasteiger charge is 2.20. The number of methoxy groups -OCH3 is 1. The molecule has 0 unspecified atom stereocenters. The van der Waals surface area contributed by atoms with E-state index in [0.29, 0.717) is 12.3 Å². The van der Waals surface area contributed by atoms with Gasteiger partial charge in [-0.1, -0.05) is 6.07 Å². The fourth-order valence-electron chi connectivity index (χ4n) is 1.77. The molecular formula is C14H17NO3S2. The maximum atomic E-state index is 12.4. The fraction of sp³-hybridized carbons (Fsp3) is 0.286. The van der Waals surface area contributed by atoms with Crippen molar-refractivity contribution in [3.05, 3.63) is 46.7 Å². The Morgan fingerprint density at radius 3 is 2.45 bits per heavy atom. The smallest absolute Gasteiger partial charge is 0.242 e. The van der Waals surface area contributed by atoms with Crippen LogP contribution in [0.4, 0.5) is 0 Å². The van der Waals surface area contributed by atoms with E-state index < -0.39 is 10.0 Å². The third-order valence-electron chi connectivity index (χ3n) is 3.02. The van der Waals surface area contributed by atoms with Gasteiger partial charge in [-0.15, -0.1) is 11.3 Å². The number of ether oxygens (including phenoxy) is 1. The van der Waals surface area contributed by atoms with Crippen LogP contribution in [0, 0.1) is 0 Å². The number of hydrogen-bond acceptors (Lipinski definition) is 4. The fourth-order valence-corrected chi connectivity index (χ4v) is 3.64. The molecule has 0 aliphatic carbocycles. The summed E-state index contributed by atoms with van der Waals surface area (Å²) in [4.78, 5) is 1.47. The summed E-state index contributed by atoms with van der Waals surface area (Å²) in [5, 5.41) is 1.99. The van der Waals surface area contributed by atoms with Crippen molar-refractivity contribution in [1.29, 1.82) is 0 Å². The van der Waals surface area contributed by atoms with E-state index >= 15 is 0 Å². The summed E-state index contributed by atoms with van der Waals surface area (Å²) < 4.78 is 31.2. The van der Waals surface area contributed by atoms with Crippen molar-refractivity contribution in [2.45, 2.75) is 11.3 Å². The first-order chi connectivity index (χ1) is 9.54. The average Bonchev–Trinajstić information content (AvgIpc) is 2.98. The predicted octanol–water partition coefficient (Wildman–Crippen LogP) is 2.62. The van der Waals surface area contributed by atoms with Gasteiger partial charge < -0.3 is 4.74 Å². The van der Waals surface area contributed by atoms with Crippen LogP contribution >= 0.6 is 11.3 Å². The SMILES string of the molecule is COc1ccc(S(=O)(=O)N(C)CCc2cccs2)cc1. The summed E-state index contributed by atoms with van der Waals surface area (Å²) in [5.41, 5.74) is 0. The van der Waals surface area contributed by atoms with Gasteiger partial charge in [-0.05, 0) is 42.1 Å². The number of thiophene rings is 1. The van der Waals surface area contributed by atoms with Gasteiger partial charge in [0.1, 0.15) is 5.75 Å². The quantitative estimate of drug-likeness (QED) is 0.824. The lowest BCUT2D eigenvalue weighted by Gasteiger charge is -2.17. The van der Waals surface area contributed by atoms with Gasteiger partial charge in [-0.25, -0.2) is 12.7 Å². The van der Waals surface area contributed by atoms with Crippen LogP contribution in [0.5, 0.6) is 5.75 Å². The molecule has 0 radical (unpaired) electrons. The molecule has 1 aromatic heterocycles. The summed E-state index contributed by atoms with van der Waals surface area (Å²) in [6.45, 7) is 0.467. The molecule has 0 saturated carbocycles. The van der Waals surface area contributed by atoms with E-state index in [-0.39, 0.29) is 4.90 Å². The Balaban J connectivity index is 2.07. The van der Waals surface area contributed by atoms with Crippen LogP contribution in [0.3, 0.4) is 0 Å². The summed E-state index contributed by atoms with van der Waals surface area (Å²) in [6.07, 6.45) is 0.726. The number of nitrogens with zero attached hydrogens (tertiary/aromatic N) is 1. The van der Waals surface area contributed by atoms with Crippen molar-refractivity contribution >= 4 is 21.4 Å². The number of benzene rings is 1. The van der Waals surface area contributed by atoms with E-state index in [1.807, 2.05) is 17.5 Å². The molecule has 6 heteroatoms. The second-order valence-corrected chi connectivity index (χ2v) is 7.41. The van der Waals surface area contributed by atoms with Gasteiger partial charge in [0.05, 0.1) is 12.0 Å². The molecule has 2 aromatic rings. The van der Waals surface area contributed by atoms with Crippen molar-refractivity contribution in [2.75, 3.05) is 20.7 Å². The maximum Gasteiger partial charge on any atom is 0.242 e. The number of hydrogen-bond donors (Lipinski definition) is 0. The van der Waals surface area contributed by atoms with Gasteiger partial charge in [-0.3, -0.25) is 0 Å². The number of likely N-dealkylation sites (N-methyl/N-ethyl adjacent to an activating group) is 1. The van der Waals surface area contributed by atoms with Crippen LogP contribution in [-0.4, -0.2) is 33.4 Å². The first kappa shape index (κ1) is 15.0. The highest BCUT2D eigenvalue weighted by Crippen LogP contribution is 2.19. The highest BCUT2D eigenvalue weighted by atomic mass is 32.2. The van der Waals surface area contributed by atoms with Crippen molar-refractivity contribution < 1.29 is 13.2 Å². The Hall–Kier alpha value is -1.37. The van der Waals surface area contributed by atoms with Gasteiger partial charge in [0.15, 0.2) is 0 Å². The Labute approximate surface area is 123 Å². The van der Waals surface area contributed by atoms with Crippen LogP contribution in [0.25, 0.3) is 0 Å². The Kier molecular flexibility index (Phi) is 4.80. The number of sulfonamides is 1. The third kappa shape index (κ3) is 3.39. The van der Waals surface area contributed by atoms with E-state index in [9.17, 15) is 8.42 Å². The molecule has 0 aliphatic rings. The van der Waals surface area contributed by atoms with Crippen LogP contribution in [0.15, 0.2) is 46.7 Å². The molecule has 0 aliphatic heterocycles. The lowest BCUT2D eigenvalue weighted by Crippen LogP contribution is -2.28. The van der Waals surface area contributed by atoms with E-state index in [0.717, 1.165) is 6.42 Å². The van der Waals surface area contributed by atoms with Crippen molar-refractivity contribution in [3.63, 3.8) is 0 Å². The van der Waals surface area contributed by atoms with E-state index in [4.69, 9.17) is 4.74 Å². The standard InChI is InChI=1S/C14H17NO3S2/c1-15(10-9-13-4-3-11-19-13)20(16,17)14-7-5-12(18-2)6-8-14/h3-8,11H,9-10H2,1-2H3. The zero-order chi connectivity index (χ0) is 14.6. The first-order valence-electron chi connectivity index (χ1n) is 6.17. The molecule has 0 atom stereocenters. The Morgan fingerprint density at radius 2 is 1.90 bits per heavy atom. The van der Waals surface area contributed by atoms with Gasteiger partial charge in [0, 0.05) is 18.5 Å². The zero-order valence-electron chi connectivity index (χ0n) is 11.4. The Bertz CT molecular complexity index is 634. The summed E-state index contributed by atoms with van der Waals surface area (Å²) in [6, 6.07) is 10.4. The predicted molar refractivity (Wildman–Crippen MR) is 80.8 cm³/mol. The molecule has 0 saturated heterocycles. The molecular weight excluding hydrogens is 294 g/mol. The second kappa shape index (κ2) is 6.39. The zero-order valence-corrected chi connectivity index (χ0v) is 13.1. The maximum absolute atomic E-state index is 12.4. The van der Waals surface area contributed by atoms with Crippen molar-refractivity contribution in [2.24, 2.45) is 0 Å². The molecule has 20 heavy (non-hydrogen) atoms. The minimum Gasteiger partial charge on any atom is -0.497 e. The van der Waals surface area contributed by atoms with Crippen molar-refractivity contribution in [1.82, 2.24) is 4.31 Å². The largest absolute Gasteiger partial charge is 0.497 e. The van der Waals surface area contributed by atoms with Crippen LogP contribution in [-0.2, 0) is 16.4 Å². The van der Waals surface area contributed by atoms with Crippen molar-refractivity contribution in [3.8, 4) is 5.75 Å². The lowest BCUT2D eigenvalue weighted by atomic mass is 10.3. The third-order valence-corrected chi connectivity index (χ3v) is 5.83. The van der Waals surface area contributed by atoms with E-state index in [2.05, 4.69) is 0 Å². The van der Waals surface area contributed by atoms with E-state index in [1.54, 1.807) is 49.8 Å². The normalized spacial score (nSPS) is 11.8. The first-order valence-corrected chi connectivity index (χ1v) is 8.49. The minimum atomic E-state index is -3.43.